The summed E-state index contributed by atoms with van der Waals surface area (Å²) >= 11 is 0. The molecule has 8 N–H and O–H groups in total. The van der Waals surface area contributed by atoms with Gasteiger partial charge >= 0.3 is 20.4 Å². The van der Waals surface area contributed by atoms with Gasteiger partial charge in [0, 0.05) is 13.1 Å². The van der Waals surface area contributed by atoms with Crippen LogP contribution in [0.3, 0.4) is 0 Å². The van der Waals surface area contributed by atoms with E-state index in [1.807, 2.05) is 0 Å². The van der Waals surface area contributed by atoms with E-state index >= 15 is 0 Å². The summed E-state index contributed by atoms with van der Waals surface area (Å²) < 4.78 is 0. The zero-order valence-electron chi connectivity index (χ0n) is 7.23. The molecule has 0 bridgehead atoms. The van der Waals surface area contributed by atoms with Crippen LogP contribution in [0.2, 0.25) is 0 Å². The molecule has 0 aromatic carbocycles. The van der Waals surface area contributed by atoms with Gasteiger partial charge in [-0.3, -0.25) is 0 Å². The number of rotatable bonds is 1. The van der Waals surface area contributed by atoms with Crippen LogP contribution in [0.15, 0.2) is 0 Å². The number of nitrogens with zero attached hydrogens (tertiary/aromatic N) is 2. The van der Waals surface area contributed by atoms with E-state index in [-0.39, 0.29) is 31.4 Å². The molecule has 98 valence electrons. The summed E-state index contributed by atoms with van der Waals surface area (Å²) in [6.45, 7) is 1.19. The second-order valence-electron chi connectivity index (χ2n) is 1.02. The topological polar surface area (TPSA) is 247 Å². The van der Waals surface area contributed by atoms with E-state index < -0.39 is 10.2 Å². The fourth-order valence-electron chi connectivity index (χ4n) is 0. The van der Waals surface area contributed by atoms with Crippen LogP contribution >= 0.6 is 0 Å². The molecule has 0 aliphatic carbocycles. The Hall–Kier alpha value is -1.10. The first-order valence-corrected chi connectivity index (χ1v) is 2.41. The summed E-state index contributed by atoms with van der Waals surface area (Å²) in [5, 5.41) is 29.5. The van der Waals surface area contributed by atoms with Crippen molar-refractivity contribution in [3.63, 3.8) is 0 Å². The van der Waals surface area contributed by atoms with Crippen molar-refractivity contribution in [1.29, 1.82) is 0 Å². The van der Waals surface area contributed by atoms with Gasteiger partial charge in [0.25, 0.3) is 0 Å². The molecule has 13 heteroatoms. The summed E-state index contributed by atoms with van der Waals surface area (Å²) in [6, 6.07) is 0. The van der Waals surface area contributed by atoms with E-state index in [2.05, 4.69) is 0 Å². The Labute approximate surface area is 97.3 Å². The average Bonchev–Trinajstić information content (AvgIpc) is 1.85. The van der Waals surface area contributed by atoms with Crippen molar-refractivity contribution in [2.75, 3.05) is 13.1 Å². The summed E-state index contributed by atoms with van der Waals surface area (Å²) in [6.07, 6.45) is 0. The zero-order chi connectivity index (χ0) is 10.6. The van der Waals surface area contributed by atoms with Gasteiger partial charge in [-0.05, 0) is 0 Å². The van der Waals surface area contributed by atoms with Crippen LogP contribution in [-0.4, -0.2) is 34.2 Å². The van der Waals surface area contributed by atoms with Crippen molar-refractivity contribution in [3.8, 4) is 0 Å². The van der Waals surface area contributed by atoms with Gasteiger partial charge in [0.15, 0.2) is 0 Å². The van der Waals surface area contributed by atoms with Gasteiger partial charge in [0.2, 0.25) is 0 Å². The molecule has 0 rings (SSSR count). The van der Waals surface area contributed by atoms with Crippen molar-refractivity contribution in [1.82, 2.24) is 0 Å². The van der Waals surface area contributed by atoms with Gasteiger partial charge < -0.3 is 53.1 Å². The van der Waals surface area contributed by atoms with Crippen LogP contribution < -0.4 is 11.5 Å². The van der Waals surface area contributed by atoms with Crippen molar-refractivity contribution >= 4 is 0 Å². The second kappa shape index (κ2) is 38.4. The van der Waals surface area contributed by atoms with Gasteiger partial charge in [0.1, 0.15) is 0 Å². The molecule has 0 amide bonds. The first-order chi connectivity index (χ1) is 5.38. The van der Waals surface area contributed by atoms with Gasteiger partial charge in [-0.2, -0.15) is 0 Å². The molecule has 0 saturated heterocycles. The summed E-state index contributed by atoms with van der Waals surface area (Å²) in [4.78, 5) is 16.5. The van der Waals surface area contributed by atoms with Gasteiger partial charge in [-0.1, -0.05) is 0 Å². The Balaban J connectivity index is -0.0000000184. The predicted molar refractivity (Wildman–Crippen MR) is 46.1 cm³/mol. The minimum Gasteiger partial charge on any atom is -0.412 e. The number of hydrogen-bond donors (Lipinski definition) is 2. The van der Waals surface area contributed by atoms with E-state index in [0.717, 1.165) is 0 Å². The standard InChI is InChI=1S/C2H8N2.2NO3.2H2O.Pd/c3-1-2-4;2*2-1(3)4;;;/h1-4H2;;;2*1H2;/q;2*-1;;;+2. The van der Waals surface area contributed by atoms with Crippen LogP contribution in [0.25, 0.3) is 0 Å². The normalized spacial score (nSPS) is 5.20. The van der Waals surface area contributed by atoms with Crippen LogP contribution in [-0.2, 0) is 20.4 Å². The van der Waals surface area contributed by atoms with E-state index in [1.54, 1.807) is 0 Å². The van der Waals surface area contributed by atoms with Crippen LogP contribution in [0.4, 0.5) is 0 Å². The zero-order valence-corrected chi connectivity index (χ0v) is 8.78. The fourth-order valence-corrected chi connectivity index (χ4v) is 0. The van der Waals surface area contributed by atoms with Gasteiger partial charge in [0.05, 0.1) is 10.2 Å². The molecule has 0 aliphatic rings. The monoisotopic (exact) mass is 326 g/mol. The van der Waals surface area contributed by atoms with Crippen molar-refractivity contribution < 1.29 is 41.5 Å². The van der Waals surface area contributed by atoms with E-state index in [0.29, 0.717) is 13.1 Å². The molecule has 0 radical (unpaired) electrons. The largest absolute Gasteiger partial charge is 2.00 e. The molecular formula is C2H12N4O8Pd. The van der Waals surface area contributed by atoms with Crippen LogP contribution in [0.1, 0.15) is 0 Å². The number of nitrogens with two attached hydrogens (primary N) is 2. The maximum atomic E-state index is 8.25. The van der Waals surface area contributed by atoms with Crippen LogP contribution in [0, 0.1) is 30.6 Å². The Morgan fingerprint density at radius 2 is 0.867 bits per heavy atom. The minimum atomic E-state index is -1.75. The molecule has 0 fully saturated rings. The van der Waals surface area contributed by atoms with Crippen molar-refractivity contribution in [3.05, 3.63) is 30.6 Å². The molecular weight excluding hydrogens is 314 g/mol. The van der Waals surface area contributed by atoms with Gasteiger partial charge in [-0.25, -0.2) is 0 Å². The maximum Gasteiger partial charge on any atom is 2.00 e. The molecule has 0 unspecified atom stereocenters. The van der Waals surface area contributed by atoms with E-state index in [9.17, 15) is 0 Å². The Bertz CT molecular complexity index is 101. The third-order valence-corrected chi connectivity index (χ3v) is 0.167. The summed E-state index contributed by atoms with van der Waals surface area (Å²) in [5.41, 5.74) is 9.81. The molecule has 0 aromatic rings. The van der Waals surface area contributed by atoms with Gasteiger partial charge in [-0.15, -0.1) is 0 Å². The maximum absolute atomic E-state index is 8.25. The number of hydrogen-bond acceptors (Lipinski definition) is 8. The molecule has 0 heterocycles. The van der Waals surface area contributed by atoms with Crippen LogP contribution in [0.5, 0.6) is 0 Å². The molecule has 0 aliphatic heterocycles. The molecule has 0 saturated carbocycles. The smallest absolute Gasteiger partial charge is 0.412 e. The third-order valence-electron chi connectivity index (χ3n) is 0.167. The summed E-state index contributed by atoms with van der Waals surface area (Å²) in [5.74, 6) is 0. The first-order valence-electron chi connectivity index (χ1n) is 2.41. The molecule has 12 nitrogen and oxygen atoms in total. The molecule has 0 atom stereocenters. The SMILES string of the molecule is NCCN.O.O.O=[N+]([O-])[O-].O=[N+]([O-])[O-].[Pd+2]. The first kappa shape index (κ1) is 37.1. The third kappa shape index (κ3) is 161000. The Morgan fingerprint density at radius 3 is 0.867 bits per heavy atom. The molecule has 0 aromatic heterocycles. The molecule has 0 spiro atoms. The van der Waals surface area contributed by atoms with Crippen molar-refractivity contribution in [2.24, 2.45) is 11.5 Å². The second-order valence-corrected chi connectivity index (χ2v) is 1.02. The quantitative estimate of drug-likeness (QED) is 0.280. The minimum absolute atomic E-state index is 0. The fraction of sp³-hybridized carbons (Fsp3) is 1.00. The predicted octanol–water partition coefficient (Wildman–Crippen LogP) is -3.23. The Kier molecular flexibility index (Phi) is 94.8. The van der Waals surface area contributed by atoms with E-state index in [1.165, 1.54) is 0 Å². The average molecular weight is 327 g/mol. The van der Waals surface area contributed by atoms with Crippen molar-refractivity contribution in [2.45, 2.75) is 0 Å². The molecule has 15 heavy (non-hydrogen) atoms. The Morgan fingerprint density at radius 1 is 0.800 bits per heavy atom. The van der Waals surface area contributed by atoms with E-state index in [4.69, 9.17) is 42.1 Å². The summed E-state index contributed by atoms with van der Waals surface area (Å²) in [7, 11) is 0.